The number of para-hydroxylation sites is 1. The number of benzene rings is 1. The van der Waals surface area contributed by atoms with E-state index >= 15 is 0 Å². The Bertz CT molecular complexity index is 586. The molecule has 6 heteroatoms. The highest BCUT2D eigenvalue weighted by molar-refractivity contribution is 6.07. The number of nitrogens with one attached hydrogen (secondary N) is 2. The van der Waals surface area contributed by atoms with Gasteiger partial charge in [0.25, 0.3) is 11.5 Å². The predicted octanol–water partition coefficient (Wildman–Crippen LogP) is 0.604. The average Bonchev–Trinajstić information content (AvgIpc) is 2.32. The molecule has 0 radical (unpaired) electrons. The lowest BCUT2D eigenvalue weighted by Gasteiger charge is -2.05. The number of nitrogens with two attached hydrogens (primary N) is 1. The maximum Gasteiger partial charge on any atom is 0.264 e. The fourth-order valence-corrected chi connectivity index (χ4v) is 1.30. The second-order valence-electron chi connectivity index (χ2n) is 3.35. The van der Waals surface area contributed by atoms with Gasteiger partial charge in [0.2, 0.25) is 0 Å². The van der Waals surface area contributed by atoms with Crippen molar-refractivity contribution >= 4 is 17.4 Å². The number of aromatic amines is 1. The van der Waals surface area contributed by atoms with E-state index in [1.807, 2.05) is 0 Å². The minimum Gasteiger partial charge on any atom is -0.398 e. The minimum absolute atomic E-state index is 0.262. The number of amides is 1. The van der Waals surface area contributed by atoms with Crippen LogP contribution in [0.25, 0.3) is 0 Å². The van der Waals surface area contributed by atoms with Crippen LogP contribution < -0.4 is 16.6 Å². The Kier molecular flexibility index (Phi) is 2.87. The minimum atomic E-state index is -0.373. The monoisotopic (exact) mass is 230 g/mol. The zero-order valence-electron chi connectivity index (χ0n) is 8.81. The molecule has 0 aliphatic rings. The summed E-state index contributed by atoms with van der Waals surface area (Å²) in [6.07, 6.45) is 0. The summed E-state index contributed by atoms with van der Waals surface area (Å²) >= 11 is 0. The van der Waals surface area contributed by atoms with Gasteiger partial charge >= 0.3 is 0 Å². The fraction of sp³-hybridized carbons (Fsp3) is 0. The second kappa shape index (κ2) is 4.48. The van der Waals surface area contributed by atoms with Gasteiger partial charge in [-0.05, 0) is 18.2 Å². The lowest BCUT2D eigenvalue weighted by Crippen LogP contribution is -2.16. The molecule has 0 unspecified atom stereocenters. The number of aromatic nitrogens is 2. The topological polar surface area (TPSA) is 101 Å². The first-order valence-electron chi connectivity index (χ1n) is 4.88. The first kappa shape index (κ1) is 10.9. The molecule has 1 aromatic heterocycles. The Hall–Kier alpha value is -2.63. The van der Waals surface area contributed by atoms with E-state index in [9.17, 15) is 9.59 Å². The van der Waals surface area contributed by atoms with Crippen molar-refractivity contribution in [1.82, 2.24) is 10.2 Å². The number of carbonyl (C=O) groups is 1. The Morgan fingerprint density at radius 1 is 1.24 bits per heavy atom. The normalized spacial score (nSPS) is 9.88. The van der Waals surface area contributed by atoms with Gasteiger partial charge in [-0.25, -0.2) is 5.10 Å². The molecule has 2 rings (SSSR count). The van der Waals surface area contributed by atoms with Crippen LogP contribution in [0.2, 0.25) is 0 Å². The van der Waals surface area contributed by atoms with Crippen molar-refractivity contribution in [2.45, 2.75) is 0 Å². The zero-order valence-corrected chi connectivity index (χ0v) is 8.81. The molecule has 4 N–H and O–H groups in total. The van der Waals surface area contributed by atoms with Crippen LogP contribution in [-0.4, -0.2) is 16.1 Å². The number of carbonyl (C=O) groups excluding carboxylic acids is 1. The molecule has 0 atom stereocenters. The van der Waals surface area contributed by atoms with Gasteiger partial charge < -0.3 is 11.1 Å². The first-order valence-corrected chi connectivity index (χ1v) is 4.88. The van der Waals surface area contributed by atoms with Crippen LogP contribution in [-0.2, 0) is 0 Å². The molecule has 1 aromatic carbocycles. The third-order valence-corrected chi connectivity index (χ3v) is 2.13. The standard InChI is InChI=1S/C11H10N4O2/c12-8-4-2-1-3-7(8)11(17)13-9-5-6-10(16)15-14-9/h1-6H,12H2,(H,15,16)(H,13,14,17). The Morgan fingerprint density at radius 2 is 2.00 bits per heavy atom. The van der Waals surface area contributed by atoms with Crippen LogP contribution in [0.1, 0.15) is 10.4 Å². The van der Waals surface area contributed by atoms with Crippen molar-refractivity contribution in [3.05, 3.63) is 52.3 Å². The van der Waals surface area contributed by atoms with E-state index in [4.69, 9.17) is 5.73 Å². The van der Waals surface area contributed by atoms with E-state index in [0.717, 1.165) is 0 Å². The number of nitrogens with zero attached hydrogens (tertiary/aromatic N) is 1. The number of H-pyrrole nitrogens is 1. The number of hydrogen-bond donors (Lipinski definition) is 3. The summed E-state index contributed by atoms with van der Waals surface area (Å²) in [5.74, 6) is -0.111. The number of anilines is 2. The highest BCUT2D eigenvalue weighted by Gasteiger charge is 2.09. The molecule has 0 spiro atoms. The summed E-state index contributed by atoms with van der Waals surface area (Å²) in [5, 5.41) is 8.41. The van der Waals surface area contributed by atoms with E-state index in [2.05, 4.69) is 15.5 Å². The molecule has 0 bridgehead atoms. The van der Waals surface area contributed by atoms with Gasteiger partial charge in [-0.15, -0.1) is 0 Å². The molecule has 0 saturated carbocycles. The van der Waals surface area contributed by atoms with Gasteiger partial charge in [-0.2, -0.15) is 5.10 Å². The number of hydrogen-bond acceptors (Lipinski definition) is 4. The van der Waals surface area contributed by atoms with Gasteiger partial charge in [0, 0.05) is 11.8 Å². The molecular formula is C11H10N4O2. The summed E-state index contributed by atoms with van der Waals surface area (Å²) < 4.78 is 0. The highest BCUT2D eigenvalue weighted by atomic mass is 16.2. The van der Waals surface area contributed by atoms with Crippen molar-refractivity contribution in [1.29, 1.82) is 0 Å². The third kappa shape index (κ3) is 2.49. The fourth-order valence-electron chi connectivity index (χ4n) is 1.30. The SMILES string of the molecule is Nc1ccccc1C(=O)Nc1ccc(=O)[nH]n1. The average molecular weight is 230 g/mol. The Morgan fingerprint density at radius 3 is 2.65 bits per heavy atom. The van der Waals surface area contributed by atoms with Crippen molar-refractivity contribution < 1.29 is 4.79 Å². The summed E-state index contributed by atoms with van der Waals surface area (Å²) in [5.41, 5.74) is 6.07. The van der Waals surface area contributed by atoms with Crippen LogP contribution in [0.4, 0.5) is 11.5 Å². The van der Waals surface area contributed by atoms with Gasteiger partial charge in [0.05, 0.1) is 5.56 Å². The first-order chi connectivity index (χ1) is 8.16. The van der Waals surface area contributed by atoms with Crippen molar-refractivity contribution in [3.8, 4) is 0 Å². The maximum absolute atomic E-state index is 11.8. The molecule has 1 heterocycles. The number of rotatable bonds is 2. The Labute approximate surface area is 96.5 Å². The van der Waals surface area contributed by atoms with E-state index in [1.54, 1.807) is 24.3 Å². The lowest BCUT2D eigenvalue weighted by atomic mass is 10.1. The molecule has 86 valence electrons. The zero-order chi connectivity index (χ0) is 12.3. The predicted molar refractivity (Wildman–Crippen MR) is 63.7 cm³/mol. The molecule has 17 heavy (non-hydrogen) atoms. The molecule has 6 nitrogen and oxygen atoms in total. The summed E-state index contributed by atoms with van der Waals surface area (Å²) in [6, 6.07) is 9.38. The van der Waals surface area contributed by atoms with E-state index in [-0.39, 0.29) is 17.3 Å². The summed E-state index contributed by atoms with van der Waals surface area (Å²) in [6.45, 7) is 0. The van der Waals surface area contributed by atoms with Crippen LogP contribution in [0.5, 0.6) is 0 Å². The van der Waals surface area contributed by atoms with Gasteiger partial charge in [0.15, 0.2) is 5.82 Å². The Balaban J connectivity index is 2.20. The smallest absolute Gasteiger partial charge is 0.264 e. The van der Waals surface area contributed by atoms with Crippen molar-refractivity contribution in [2.24, 2.45) is 0 Å². The van der Waals surface area contributed by atoms with E-state index < -0.39 is 0 Å². The lowest BCUT2D eigenvalue weighted by molar-refractivity contribution is 0.102. The van der Waals surface area contributed by atoms with Crippen LogP contribution >= 0.6 is 0 Å². The molecule has 0 aliphatic carbocycles. The molecule has 2 aromatic rings. The maximum atomic E-state index is 11.8. The molecule has 1 amide bonds. The van der Waals surface area contributed by atoms with Crippen molar-refractivity contribution in [2.75, 3.05) is 11.1 Å². The largest absolute Gasteiger partial charge is 0.398 e. The van der Waals surface area contributed by atoms with Crippen molar-refractivity contribution in [3.63, 3.8) is 0 Å². The molecule has 0 aliphatic heterocycles. The van der Waals surface area contributed by atoms with Gasteiger partial charge in [-0.3, -0.25) is 9.59 Å². The molecule has 0 fully saturated rings. The van der Waals surface area contributed by atoms with E-state index in [0.29, 0.717) is 11.3 Å². The van der Waals surface area contributed by atoms with Crippen LogP contribution in [0.15, 0.2) is 41.2 Å². The highest BCUT2D eigenvalue weighted by Crippen LogP contribution is 2.12. The summed E-state index contributed by atoms with van der Waals surface area (Å²) in [4.78, 5) is 22.6. The van der Waals surface area contributed by atoms with E-state index in [1.165, 1.54) is 12.1 Å². The van der Waals surface area contributed by atoms with Crippen LogP contribution in [0.3, 0.4) is 0 Å². The molecular weight excluding hydrogens is 220 g/mol. The third-order valence-electron chi connectivity index (χ3n) is 2.13. The number of nitrogen functional groups attached to an aromatic ring is 1. The second-order valence-corrected chi connectivity index (χ2v) is 3.35. The quantitative estimate of drug-likeness (QED) is 0.657. The summed E-state index contributed by atoms with van der Waals surface area (Å²) in [7, 11) is 0. The van der Waals surface area contributed by atoms with Gasteiger partial charge in [0.1, 0.15) is 0 Å². The van der Waals surface area contributed by atoms with Crippen LogP contribution in [0, 0.1) is 0 Å². The van der Waals surface area contributed by atoms with Gasteiger partial charge in [-0.1, -0.05) is 12.1 Å². The molecule has 0 saturated heterocycles.